The molecule has 0 atom stereocenters. The van der Waals surface area contributed by atoms with Crippen LogP contribution in [-0.4, -0.2) is 44.8 Å². The van der Waals surface area contributed by atoms with E-state index < -0.39 is 6.09 Å². The number of nitrogens with one attached hydrogen (secondary N) is 3. The number of amides is 2. The van der Waals surface area contributed by atoms with Crippen molar-refractivity contribution in [3.63, 3.8) is 0 Å². The second-order valence-corrected chi connectivity index (χ2v) is 3.42. The fourth-order valence-corrected chi connectivity index (χ4v) is 1.38. The summed E-state index contributed by atoms with van der Waals surface area (Å²) in [6.07, 6.45) is 1.27. The van der Waals surface area contributed by atoms with Gasteiger partial charge in [-0.05, 0) is 25.9 Å². The van der Waals surface area contributed by atoms with E-state index in [0.717, 1.165) is 25.9 Å². The highest BCUT2D eigenvalue weighted by atomic mass is 35.5. The second kappa shape index (κ2) is 8.18. The van der Waals surface area contributed by atoms with Gasteiger partial charge in [-0.2, -0.15) is 0 Å². The zero-order chi connectivity index (χ0) is 11.1. The van der Waals surface area contributed by atoms with E-state index >= 15 is 0 Å². The molecular weight excluding hydrogens is 234 g/mol. The Balaban J connectivity index is 0.00000225. The number of hydrogen-bond acceptors (Lipinski definition) is 4. The van der Waals surface area contributed by atoms with Gasteiger partial charge in [-0.3, -0.25) is 4.79 Å². The van der Waals surface area contributed by atoms with E-state index in [1.807, 2.05) is 0 Å². The average Bonchev–Trinajstić information content (AvgIpc) is 2.27. The van der Waals surface area contributed by atoms with Crippen molar-refractivity contribution in [1.29, 1.82) is 0 Å². The monoisotopic (exact) mass is 251 g/mol. The largest absolute Gasteiger partial charge is 0.439 e. The zero-order valence-corrected chi connectivity index (χ0v) is 10.1. The van der Waals surface area contributed by atoms with E-state index in [4.69, 9.17) is 4.74 Å². The molecule has 1 saturated heterocycles. The first-order chi connectivity index (χ1) is 7.22. The Morgan fingerprint density at radius 3 is 2.56 bits per heavy atom. The van der Waals surface area contributed by atoms with Crippen LogP contribution < -0.4 is 16.0 Å². The molecule has 0 bridgehead atoms. The number of piperidine rings is 1. The van der Waals surface area contributed by atoms with Crippen molar-refractivity contribution >= 4 is 24.4 Å². The first-order valence-corrected chi connectivity index (χ1v) is 5.07. The van der Waals surface area contributed by atoms with Gasteiger partial charge < -0.3 is 20.7 Å². The maximum absolute atomic E-state index is 11.2. The minimum atomic E-state index is -0.523. The fraction of sp³-hybridized carbons (Fsp3) is 0.778. The van der Waals surface area contributed by atoms with Crippen LogP contribution in [0.15, 0.2) is 0 Å². The van der Waals surface area contributed by atoms with E-state index in [1.165, 1.54) is 7.05 Å². The summed E-state index contributed by atoms with van der Waals surface area (Å²) in [5, 5.41) is 8.28. The summed E-state index contributed by atoms with van der Waals surface area (Å²) < 4.78 is 4.71. The fourth-order valence-electron chi connectivity index (χ4n) is 1.38. The lowest BCUT2D eigenvalue weighted by molar-refractivity contribution is -0.123. The highest BCUT2D eigenvalue weighted by Gasteiger charge is 2.16. The van der Waals surface area contributed by atoms with Gasteiger partial charge in [0, 0.05) is 13.1 Å². The number of carbonyl (C=O) groups is 2. The van der Waals surface area contributed by atoms with Gasteiger partial charge in [-0.25, -0.2) is 4.79 Å². The maximum atomic E-state index is 11.2. The molecule has 16 heavy (non-hydrogen) atoms. The van der Waals surface area contributed by atoms with Gasteiger partial charge in [-0.1, -0.05) is 0 Å². The van der Waals surface area contributed by atoms with Gasteiger partial charge in [-0.15, -0.1) is 12.4 Å². The smallest absolute Gasteiger partial charge is 0.407 e. The molecule has 7 heteroatoms. The molecule has 1 heterocycles. The lowest BCUT2D eigenvalue weighted by atomic mass is 10.1. The topological polar surface area (TPSA) is 79.5 Å². The van der Waals surface area contributed by atoms with Gasteiger partial charge in [0.1, 0.15) is 0 Å². The van der Waals surface area contributed by atoms with E-state index in [-0.39, 0.29) is 31.0 Å². The van der Waals surface area contributed by atoms with Gasteiger partial charge in [0.2, 0.25) is 0 Å². The van der Waals surface area contributed by atoms with Gasteiger partial charge in [0.25, 0.3) is 5.91 Å². The molecule has 94 valence electrons. The van der Waals surface area contributed by atoms with Crippen LogP contribution in [0, 0.1) is 0 Å². The summed E-state index contributed by atoms with van der Waals surface area (Å²) in [6.45, 7) is 1.58. The number of carbonyl (C=O) groups excluding carboxylic acids is 2. The van der Waals surface area contributed by atoms with Crippen LogP contribution in [0.4, 0.5) is 4.79 Å². The summed E-state index contributed by atoms with van der Waals surface area (Å²) in [7, 11) is 1.50. The predicted molar refractivity (Wildman–Crippen MR) is 61.7 cm³/mol. The molecule has 1 rings (SSSR count). The van der Waals surface area contributed by atoms with Gasteiger partial charge >= 0.3 is 6.09 Å². The first kappa shape index (κ1) is 15.0. The van der Waals surface area contributed by atoms with Crippen molar-refractivity contribution in [2.24, 2.45) is 0 Å². The second-order valence-electron chi connectivity index (χ2n) is 3.42. The number of alkyl carbamates (subject to hydrolysis) is 1. The summed E-state index contributed by atoms with van der Waals surface area (Å²) in [5.41, 5.74) is 0. The zero-order valence-electron chi connectivity index (χ0n) is 9.25. The molecule has 0 aliphatic carbocycles. The standard InChI is InChI=1S/C9H17N3O3.ClH/c1-10-8(13)6-15-9(14)12-7-2-4-11-5-3-7;/h7,11H,2-6H2,1H3,(H,10,13)(H,12,14);1H. The number of hydrogen-bond donors (Lipinski definition) is 3. The molecular formula is C9H18ClN3O3. The van der Waals surface area contributed by atoms with Crippen molar-refractivity contribution in [2.45, 2.75) is 18.9 Å². The van der Waals surface area contributed by atoms with Crippen LogP contribution in [0.5, 0.6) is 0 Å². The minimum Gasteiger partial charge on any atom is -0.439 e. The Morgan fingerprint density at radius 1 is 1.38 bits per heavy atom. The molecule has 0 aromatic carbocycles. The van der Waals surface area contributed by atoms with Crippen LogP contribution in [0.25, 0.3) is 0 Å². The third kappa shape index (κ3) is 5.77. The molecule has 0 aromatic heterocycles. The lowest BCUT2D eigenvalue weighted by Gasteiger charge is -2.23. The highest BCUT2D eigenvalue weighted by molar-refractivity contribution is 5.85. The molecule has 0 spiro atoms. The Morgan fingerprint density at radius 2 is 2.00 bits per heavy atom. The summed E-state index contributed by atoms with van der Waals surface area (Å²) in [6, 6.07) is 0.156. The molecule has 1 aliphatic heterocycles. The molecule has 0 radical (unpaired) electrons. The molecule has 2 amide bonds. The number of ether oxygens (including phenoxy) is 1. The SMILES string of the molecule is CNC(=O)COC(=O)NC1CCNCC1.Cl. The van der Waals surface area contributed by atoms with E-state index in [9.17, 15) is 9.59 Å². The molecule has 0 aromatic rings. The molecule has 6 nitrogen and oxygen atoms in total. The van der Waals surface area contributed by atoms with Crippen LogP contribution in [0.2, 0.25) is 0 Å². The Hall–Kier alpha value is -1.01. The quantitative estimate of drug-likeness (QED) is 0.640. The van der Waals surface area contributed by atoms with E-state index in [0.29, 0.717) is 0 Å². The number of rotatable bonds is 3. The van der Waals surface area contributed by atoms with Crippen LogP contribution in [0.3, 0.4) is 0 Å². The third-order valence-electron chi connectivity index (χ3n) is 2.27. The molecule has 0 unspecified atom stereocenters. The number of halogens is 1. The highest BCUT2D eigenvalue weighted by Crippen LogP contribution is 2.01. The van der Waals surface area contributed by atoms with Crippen LogP contribution >= 0.6 is 12.4 Å². The Labute approximate surface area is 101 Å². The predicted octanol–water partition coefficient (Wildman–Crippen LogP) is -0.368. The van der Waals surface area contributed by atoms with Crippen LogP contribution in [-0.2, 0) is 9.53 Å². The summed E-state index contributed by atoms with van der Waals surface area (Å²) in [5.74, 6) is -0.310. The molecule has 1 fully saturated rings. The Kier molecular flexibility index (Phi) is 7.66. The van der Waals surface area contributed by atoms with Crippen molar-refractivity contribution < 1.29 is 14.3 Å². The molecule has 3 N–H and O–H groups in total. The Bertz CT molecular complexity index is 232. The minimum absolute atomic E-state index is 0. The number of likely N-dealkylation sites (N-methyl/N-ethyl adjacent to an activating group) is 1. The van der Waals surface area contributed by atoms with E-state index in [1.54, 1.807) is 0 Å². The van der Waals surface area contributed by atoms with E-state index in [2.05, 4.69) is 16.0 Å². The van der Waals surface area contributed by atoms with Gasteiger partial charge in [0.15, 0.2) is 6.61 Å². The van der Waals surface area contributed by atoms with Gasteiger partial charge in [0.05, 0.1) is 0 Å². The van der Waals surface area contributed by atoms with Crippen molar-refractivity contribution in [3.8, 4) is 0 Å². The first-order valence-electron chi connectivity index (χ1n) is 5.07. The molecule has 0 saturated carbocycles. The average molecular weight is 252 g/mol. The maximum Gasteiger partial charge on any atom is 0.407 e. The van der Waals surface area contributed by atoms with Crippen molar-refractivity contribution in [1.82, 2.24) is 16.0 Å². The normalized spacial score (nSPS) is 15.8. The third-order valence-corrected chi connectivity index (χ3v) is 2.27. The lowest BCUT2D eigenvalue weighted by Crippen LogP contribution is -2.43. The van der Waals surface area contributed by atoms with Crippen LogP contribution in [0.1, 0.15) is 12.8 Å². The summed E-state index contributed by atoms with van der Waals surface area (Å²) in [4.78, 5) is 22.0. The van der Waals surface area contributed by atoms with Crippen molar-refractivity contribution in [3.05, 3.63) is 0 Å². The summed E-state index contributed by atoms with van der Waals surface area (Å²) >= 11 is 0. The van der Waals surface area contributed by atoms with Crippen molar-refractivity contribution in [2.75, 3.05) is 26.7 Å². The molecule has 1 aliphatic rings.